The molecule has 0 bridgehead atoms. The van der Waals surface area contributed by atoms with E-state index in [0.717, 1.165) is 53.6 Å². The molecule has 1 aromatic heterocycles. The van der Waals surface area contributed by atoms with Crippen LogP contribution in [-0.4, -0.2) is 17.9 Å². The Morgan fingerprint density at radius 3 is 2.42 bits per heavy atom. The summed E-state index contributed by atoms with van der Waals surface area (Å²) in [6.07, 6.45) is 5.76. The third-order valence-electron chi connectivity index (χ3n) is 6.55. The molecule has 4 nitrogen and oxygen atoms in total. The van der Waals surface area contributed by atoms with E-state index in [1.54, 1.807) is 16.2 Å². The van der Waals surface area contributed by atoms with Gasteiger partial charge in [-0.3, -0.25) is 14.5 Å². The fraction of sp³-hybridized carbons (Fsp3) is 0.357. The molecule has 33 heavy (non-hydrogen) atoms. The first-order chi connectivity index (χ1) is 16.0. The van der Waals surface area contributed by atoms with Crippen LogP contribution in [0.3, 0.4) is 0 Å². The first-order valence-electron chi connectivity index (χ1n) is 11.8. The largest absolute Gasteiger partial charge is 0.351 e. The number of benzene rings is 2. The van der Waals surface area contributed by atoms with Gasteiger partial charge >= 0.3 is 0 Å². The van der Waals surface area contributed by atoms with Crippen LogP contribution in [-0.2, 0) is 16.0 Å². The van der Waals surface area contributed by atoms with Crippen LogP contribution in [0.2, 0.25) is 0 Å². The Morgan fingerprint density at radius 2 is 1.76 bits per heavy atom. The topological polar surface area (TPSA) is 49.4 Å². The number of thiophene rings is 1. The van der Waals surface area contributed by atoms with Crippen molar-refractivity contribution in [3.05, 3.63) is 87.6 Å². The van der Waals surface area contributed by atoms with Gasteiger partial charge in [0.2, 0.25) is 11.8 Å². The molecule has 1 aliphatic carbocycles. The standard InChI is InChI=1S/C28H32N2O2S/c1-20-13-14-25(17-21(20)2)30(26(31)18-22-15-16-33-19-22)27(23-9-5-3-6-10-23)28(32)29-24-11-7-4-8-12-24/h3,5-6,9-10,13-17,19,24,27H,4,7-8,11-12,18H2,1-2H3,(H,29,32)/t27-/m0/s1. The van der Waals surface area contributed by atoms with Crippen LogP contribution in [0.15, 0.2) is 65.4 Å². The van der Waals surface area contributed by atoms with Crippen molar-refractivity contribution < 1.29 is 9.59 Å². The first kappa shape index (κ1) is 23.2. The van der Waals surface area contributed by atoms with Crippen LogP contribution in [0.4, 0.5) is 5.69 Å². The molecule has 1 fully saturated rings. The molecule has 3 aromatic rings. The van der Waals surface area contributed by atoms with Gasteiger partial charge < -0.3 is 5.32 Å². The average molecular weight is 461 g/mol. The first-order valence-corrected chi connectivity index (χ1v) is 12.7. The number of amides is 2. The van der Waals surface area contributed by atoms with Gasteiger partial charge in [0.15, 0.2) is 0 Å². The molecule has 1 heterocycles. The van der Waals surface area contributed by atoms with Crippen LogP contribution < -0.4 is 10.2 Å². The number of hydrogen-bond acceptors (Lipinski definition) is 3. The Bertz CT molecular complexity index is 1070. The van der Waals surface area contributed by atoms with Crippen molar-refractivity contribution in [3.63, 3.8) is 0 Å². The minimum Gasteiger partial charge on any atom is -0.351 e. The van der Waals surface area contributed by atoms with Gasteiger partial charge in [0.1, 0.15) is 6.04 Å². The summed E-state index contributed by atoms with van der Waals surface area (Å²) in [5, 5.41) is 7.25. The van der Waals surface area contributed by atoms with Crippen molar-refractivity contribution in [1.29, 1.82) is 0 Å². The molecule has 172 valence electrons. The summed E-state index contributed by atoms with van der Waals surface area (Å²) >= 11 is 1.58. The maximum absolute atomic E-state index is 13.8. The molecule has 2 aromatic carbocycles. The lowest BCUT2D eigenvalue weighted by atomic mass is 9.94. The number of hydrogen-bond donors (Lipinski definition) is 1. The number of aryl methyl sites for hydroxylation is 2. The van der Waals surface area contributed by atoms with Crippen LogP contribution in [0.25, 0.3) is 0 Å². The Hall–Kier alpha value is -2.92. The molecule has 1 saturated carbocycles. The van der Waals surface area contributed by atoms with Crippen molar-refractivity contribution in [2.24, 2.45) is 0 Å². The maximum atomic E-state index is 13.8. The molecule has 4 rings (SSSR count). The smallest absolute Gasteiger partial charge is 0.248 e. The second kappa shape index (κ2) is 10.8. The van der Waals surface area contributed by atoms with E-state index in [0.29, 0.717) is 0 Å². The summed E-state index contributed by atoms with van der Waals surface area (Å²) in [6.45, 7) is 4.10. The lowest BCUT2D eigenvalue weighted by Gasteiger charge is -2.34. The van der Waals surface area contributed by atoms with Crippen molar-refractivity contribution in [2.75, 3.05) is 4.90 Å². The quantitative estimate of drug-likeness (QED) is 0.461. The highest BCUT2D eigenvalue weighted by Crippen LogP contribution is 2.31. The summed E-state index contributed by atoms with van der Waals surface area (Å²) in [6, 6.07) is 17.1. The Morgan fingerprint density at radius 1 is 1.00 bits per heavy atom. The van der Waals surface area contributed by atoms with E-state index in [-0.39, 0.29) is 24.3 Å². The summed E-state index contributed by atoms with van der Waals surface area (Å²) in [4.78, 5) is 29.3. The van der Waals surface area contributed by atoms with E-state index in [4.69, 9.17) is 0 Å². The lowest BCUT2D eigenvalue weighted by molar-refractivity contribution is -0.127. The highest BCUT2D eigenvalue weighted by atomic mass is 32.1. The Labute approximate surface area is 200 Å². The van der Waals surface area contributed by atoms with Crippen molar-refractivity contribution >= 4 is 28.8 Å². The minimum absolute atomic E-state index is 0.0794. The van der Waals surface area contributed by atoms with Crippen LogP contribution in [0.1, 0.15) is 60.4 Å². The van der Waals surface area contributed by atoms with E-state index in [1.807, 2.05) is 72.3 Å². The van der Waals surface area contributed by atoms with Crippen molar-refractivity contribution in [2.45, 2.75) is 64.5 Å². The van der Waals surface area contributed by atoms with Gasteiger partial charge in [-0.05, 0) is 77.9 Å². The Balaban J connectivity index is 1.74. The molecule has 1 aliphatic rings. The molecule has 0 radical (unpaired) electrons. The molecule has 0 spiro atoms. The lowest BCUT2D eigenvalue weighted by Crippen LogP contribution is -2.47. The van der Waals surface area contributed by atoms with E-state index in [9.17, 15) is 9.59 Å². The second-order valence-electron chi connectivity index (χ2n) is 9.00. The average Bonchev–Trinajstić information content (AvgIpc) is 3.33. The summed E-state index contributed by atoms with van der Waals surface area (Å²) in [5.74, 6) is -0.186. The van der Waals surface area contributed by atoms with Crippen molar-refractivity contribution in [1.82, 2.24) is 5.32 Å². The molecular formula is C28H32N2O2S. The summed E-state index contributed by atoms with van der Waals surface area (Å²) in [7, 11) is 0. The van der Waals surface area contributed by atoms with Gasteiger partial charge in [-0.1, -0.05) is 55.7 Å². The zero-order valence-electron chi connectivity index (χ0n) is 19.4. The predicted octanol–water partition coefficient (Wildman–Crippen LogP) is 6.13. The fourth-order valence-electron chi connectivity index (χ4n) is 4.55. The summed E-state index contributed by atoms with van der Waals surface area (Å²) < 4.78 is 0. The molecule has 5 heteroatoms. The number of rotatable bonds is 7. The SMILES string of the molecule is Cc1ccc(N(C(=O)Cc2ccsc2)[C@H](C(=O)NC2CCCCC2)c2ccccc2)cc1C. The molecule has 1 N–H and O–H groups in total. The third kappa shape index (κ3) is 5.72. The van der Waals surface area contributed by atoms with Crippen LogP contribution >= 0.6 is 11.3 Å². The fourth-order valence-corrected chi connectivity index (χ4v) is 5.21. The van der Waals surface area contributed by atoms with Crippen LogP contribution in [0.5, 0.6) is 0 Å². The molecule has 2 amide bonds. The highest BCUT2D eigenvalue weighted by Gasteiger charge is 2.34. The van der Waals surface area contributed by atoms with Crippen molar-refractivity contribution in [3.8, 4) is 0 Å². The maximum Gasteiger partial charge on any atom is 0.248 e. The number of carbonyl (C=O) groups is 2. The number of anilines is 1. The third-order valence-corrected chi connectivity index (χ3v) is 7.28. The monoisotopic (exact) mass is 460 g/mol. The number of nitrogens with zero attached hydrogens (tertiary/aromatic N) is 1. The van der Waals surface area contributed by atoms with Gasteiger partial charge in [0.05, 0.1) is 6.42 Å². The molecular weight excluding hydrogens is 428 g/mol. The Kier molecular flexibility index (Phi) is 7.61. The van der Waals surface area contributed by atoms with E-state index >= 15 is 0 Å². The second-order valence-corrected chi connectivity index (χ2v) is 9.78. The minimum atomic E-state index is -0.721. The van der Waals surface area contributed by atoms with Gasteiger partial charge in [-0.25, -0.2) is 0 Å². The molecule has 0 aliphatic heterocycles. The number of nitrogens with one attached hydrogen (secondary N) is 1. The molecule has 0 unspecified atom stereocenters. The van der Waals surface area contributed by atoms with Gasteiger partial charge in [-0.15, -0.1) is 0 Å². The highest BCUT2D eigenvalue weighted by molar-refractivity contribution is 7.08. The normalized spacial score (nSPS) is 15.1. The molecule has 1 atom stereocenters. The van der Waals surface area contributed by atoms with E-state index < -0.39 is 6.04 Å². The van der Waals surface area contributed by atoms with Gasteiger partial charge in [0.25, 0.3) is 0 Å². The summed E-state index contributed by atoms with van der Waals surface area (Å²) in [5.41, 5.74) is 4.80. The zero-order chi connectivity index (χ0) is 23.2. The predicted molar refractivity (Wildman–Crippen MR) is 136 cm³/mol. The van der Waals surface area contributed by atoms with E-state index in [1.165, 1.54) is 6.42 Å². The zero-order valence-corrected chi connectivity index (χ0v) is 20.2. The van der Waals surface area contributed by atoms with Gasteiger partial charge in [0, 0.05) is 11.7 Å². The van der Waals surface area contributed by atoms with Crippen LogP contribution in [0, 0.1) is 13.8 Å². The van der Waals surface area contributed by atoms with E-state index in [2.05, 4.69) is 12.2 Å². The number of carbonyl (C=O) groups excluding carboxylic acids is 2. The van der Waals surface area contributed by atoms with Gasteiger partial charge in [-0.2, -0.15) is 11.3 Å². The molecule has 0 saturated heterocycles.